The third kappa shape index (κ3) is 5.21. The number of anilines is 1. The number of benzene rings is 2. The fourth-order valence-corrected chi connectivity index (χ4v) is 4.67. The second-order valence-electron chi connectivity index (χ2n) is 6.90. The molecule has 3 aromatic rings. The molecule has 0 aliphatic carbocycles. The maximum absolute atomic E-state index is 12.7. The average Bonchev–Trinajstić information content (AvgIpc) is 3.14. The Kier molecular flexibility index (Phi) is 6.34. The summed E-state index contributed by atoms with van der Waals surface area (Å²) in [6, 6.07) is 16.5. The molecule has 0 bridgehead atoms. The minimum Gasteiger partial charge on any atom is -0.343 e. The predicted octanol–water partition coefficient (Wildman–Crippen LogP) is 4.02. The molecule has 2 aromatic carbocycles. The molecule has 0 atom stereocenters. The molecule has 0 fully saturated rings. The molecule has 1 amide bonds. The fourth-order valence-electron chi connectivity index (χ4n) is 2.63. The number of rotatable bonds is 7. The van der Waals surface area contributed by atoms with Crippen molar-refractivity contribution in [1.29, 1.82) is 0 Å². The number of sulfonamides is 1. The van der Waals surface area contributed by atoms with Gasteiger partial charge >= 0.3 is 0 Å². The molecular weight excluding hydrogens is 406 g/mol. The van der Waals surface area contributed by atoms with Gasteiger partial charge in [-0.1, -0.05) is 42.5 Å². The summed E-state index contributed by atoms with van der Waals surface area (Å²) in [6.07, 6.45) is 1.73. The van der Waals surface area contributed by atoms with Crippen molar-refractivity contribution >= 4 is 32.4 Å². The molecule has 1 N–H and O–H groups in total. The van der Waals surface area contributed by atoms with Crippen molar-refractivity contribution < 1.29 is 13.2 Å². The molecule has 0 saturated carbocycles. The lowest BCUT2D eigenvalue weighted by Gasteiger charge is -2.20. The summed E-state index contributed by atoms with van der Waals surface area (Å²) in [5.74, 6) is -0.0328. The van der Waals surface area contributed by atoms with Gasteiger partial charge in [0.15, 0.2) is 5.13 Å². The van der Waals surface area contributed by atoms with Crippen LogP contribution >= 0.6 is 11.3 Å². The highest BCUT2D eigenvalue weighted by Gasteiger charge is 2.18. The van der Waals surface area contributed by atoms with E-state index in [2.05, 4.69) is 9.71 Å². The van der Waals surface area contributed by atoms with E-state index in [1.54, 1.807) is 36.2 Å². The van der Waals surface area contributed by atoms with Gasteiger partial charge in [-0.25, -0.2) is 13.4 Å². The van der Waals surface area contributed by atoms with Crippen LogP contribution in [0.3, 0.4) is 0 Å². The first-order valence-electron chi connectivity index (χ1n) is 9.15. The van der Waals surface area contributed by atoms with Crippen molar-refractivity contribution in [1.82, 2.24) is 9.88 Å². The third-order valence-corrected chi connectivity index (χ3v) is 6.94. The molecule has 0 radical (unpaired) electrons. The van der Waals surface area contributed by atoms with E-state index in [0.29, 0.717) is 4.88 Å². The summed E-state index contributed by atoms with van der Waals surface area (Å²) in [6.45, 7) is 3.88. The lowest BCUT2D eigenvalue weighted by molar-refractivity contribution is -0.130. The summed E-state index contributed by atoms with van der Waals surface area (Å²) in [7, 11) is -2.01. The maximum atomic E-state index is 12.7. The Hall–Kier alpha value is -2.71. The SMILES string of the molecule is CC(C)N(C)C(=O)Cc1cnc(NS(=O)(=O)c2ccc(-c3ccccc3)cc2)s1. The molecule has 1 aromatic heterocycles. The summed E-state index contributed by atoms with van der Waals surface area (Å²) < 4.78 is 27.8. The van der Waals surface area contributed by atoms with Crippen molar-refractivity contribution in [2.75, 3.05) is 11.8 Å². The number of hydrogen-bond acceptors (Lipinski definition) is 5. The molecule has 8 heteroatoms. The van der Waals surface area contributed by atoms with E-state index in [0.717, 1.165) is 22.5 Å². The van der Waals surface area contributed by atoms with E-state index >= 15 is 0 Å². The van der Waals surface area contributed by atoms with Gasteiger partial charge in [-0.2, -0.15) is 0 Å². The second kappa shape index (κ2) is 8.75. The molecule has 0 aliphatic heterocycles. The minimum atomic E-state index is -3.75. The summed E-state index contributed by atoms with van der Waals surface area (Å²) >= 11 is 1.16. The Labute approximate surface area is 175 Å². The molecule has 0 saturated heterocycles. The zero-order chi connectivity index (χ0) is 21.0. The fraction of sp³-hybridized carbons (Fsp3) is 0.238. The quantitative estimate of drug-likeness (QED) is 0.615. The number of amides is 1. The molecule has 0 spiro atoms. The normalized spacial score (nSPS) is 11.4. The molecule has 1 heterocycles. The Balaban J connectivity index is 1.70. The monoisotopic (exact) mass is 429 g/mol. The minimum absolute atomic E-state index is 0.0328. The molecule has 152 valence electrons. The van der Waals surface area contributed by atoms with E-state index in [1.165, 1.54) is 6.20 Å². The van der Waals surface area contributed by atoms with Gasteiger partial charge in [0.05, 0.1) is 11.3 Å². The molecule has 0 unspecified atom stereocenters. The Morgan fingerprint density at radius 1 is 1.07 bits per heavy atom. The Morgan fingerprint density at radius 3 is 2.31 bits per heavy atom. The highest BCUT2D eigenvalue weighted by atomic mass is 32.2. The number of carbonyl (C=O) groups excluding carboxylic acids is 1. The largest absolute Gasteiger partial charge is 0.343 e. The molecule has 6 nitrogen and oxygen atoms in total. The Morgan fingerprint density at radius 2 is 1.69 bits per heavy atom. The van der Waals surface area contributed by atoms with Crippen molar-refractivity contribution in [2.24, 2.45) is 0 Å². The molecule has 0 aliphatic rings. The topological polar surface area (TPSA) is 79.4 Å². The van der Waals surface area contributed by atoms with E-state index in [9.17, 15) is 13.2 Å². The lowest BCUT2D eigenvalue weighted by atomic mass is 10.1. The van der Waals surface area contributed by atoms with Crippen LogP contribution in [0.15, 0.2) is 65.7 Å². The smallest absolute Gasteiger partial charge is 0.263 e. The van der Waals surface area contributed by atoms with Crippen molar-refractivity contribution in [3.8, 4) is 11.1 Å². The first-order chi connectivity index (χ1) is 13.8. The van der Waals surface area contributed by atoms with Crippen LogP contribution in [0.4, 0.5) is 5.13 Å². The van der Waals surface area contributed by atoms with Gasteiger partial charge in [0, 0.05) is 24.2 Å². The first-order valence-corrected chi connectivity index (χ1v) is 11.4. The number of hydrogen-bond donors (Lipinski definition) is 1. The zero-order valence-corrected chi connectivity index (χ0v) is 18.1. The third-order valence-electron chi connectivity index (χ3n) is 4.54. The van der Waals surface area contributed by atoms with Gasteiger partial charge in [0.2, 0.25) is 5.91 Å². The van der Waals surface area contributed by atoms with Crippen LogP contribution in [-0.2, 0) is 21.2 Å². The van der Waals surface area contributed by atoms with E-state index in [-0.39, 0.29) is 28.4 Å². The number of nitrogens with zero attached hydrogens (tertiary/aromatic N) is 2. The Bertz CT molecular complexity index is 1080. The number of carbonyl (C=O) groups is 1. The van der Waals surface area contributed by atoms with Gasteiger partial charge in [-0.3, -0.25) is 9.52 Å². The highest BCUT2D eigenvalue weighted by Crippen LogP contribution is 2.25. The number of nitrogens with one attached hydrogen (secondary N) is 1. The number of aromatic nitrogens is 1. The summed E-state index contributed by atoms with van der Waals surface area (Å²) in [4.78, 5) is 18.8. The standard InChI is InChI=1S/C21H23N3O3S2/c1-15(2)24(3)20(25)13-18-14-22-21(28-18)23-29(26,27)19-11-9-17(10-12-19)16-7-5-4-6-8-16/h4-12,14-15H,13H2,1-3H3,(H,22,23). The van der Waals surface area contributed by atoms with Gasteiger partial charge in [-0.15, -0.1) is 11.3 Å². The number of likely N-dealkylation sites (N-methyl/N-ethyl adjacent to an activating group) is 1. The van der Waals surface area contributed by atoms with Gasteiger partial charge in [0.25, 0.3) is 10.0 Å². The van der Waals surface area contributed by atoms with Gasteiger partial charge < -0.3 is 4.90 Å². The van der Waals surface area contributed by atoms with Crippen LogP contribution in [0.5, 0.6) is 0 Å². The van der Waals surface area contributed by atoms with Crippen LogP contribution in [0.1, 0.15) is 18.7 Å². The summed E-state index contributed by atoms with van der Waals surface area (Å²) in [5.41, 5.74) is 1.96. The maximum Gasteiger partial charge on any atom is 0.263 e. The molecule has 3 rings (SSSR count). The van der Waals surface area contributed by atoms with Crippen LogP contribution in [0, 0.1) is 0 Å². The summed E-state index contributed by atoms with van der Waals surface area (Å²) in [5, 5.41) is 0.243. The van der Waals surface area contributed by atoms with E-state index in [1.807, 2.05) is 44.2 Å². The molecule has 29 heavy (non-hydrogen) atoms. The number of thiazole rings is 1. The first kappa shape index (κ1) is 21.0. The average molecular weight is 430 g/mol. The second-order valence-corrected chi connectivity index (χ2v) is 9.70. The van der Waals surface area contributed by atoms with Crippen molar-refractivity contribution in [3.63, 3.8) is 0 Å². The van der Waals surface area contributed by atoms with Crippen LogP contribution in [0.2, 0.25) is 0 Å². The lowest BCUT2D eigenvalue weighted by Crippen LogP contribution is -2.33. The van der Waals surface area contributed by atoms with Gasteiger partial charge in [0.1, 0.15) is 0 Å². The van der Waals surface area contributed by atoms with E-state index < -0.39 is 10.0 Å². The van der Waals surface area contributed by atoms with Crippen LogP contribution < -0.4 is 4.72 Å². The van der Waals surface area contributed by atoms with Crippen LogP contribution in [-0.4, -0.2) is 37.3 Å². The van der Waals surface area contributed by atoms with Crippen molar-refractivity contribution in [2.45, 2.75) is 31.2 Å². The molecular formula is C21H23N3O3S2. The van der Waals surface area contributed by atoms with Crippen LogP contribution in [0.25, 0.3) is 11.1 Å². The zero-order valence-electron chi connectivity index (χ0n) is 16.5. The van der Waals surface area contributed by atoms with E-state index in [4.69, 9.17) is 0 Å². The van der Waals surface area contributed by atoms with Gasteiger partial charge in [-0.05, 0) is 37.1 Å². The van der Waals surface area contributed by atoms with Crippen molar-refractivity contribution in [3.05, 3.63) is 65.7 Å². The predicted molar refractivity (Wildman–Crippen MR) is 116 cm³/mol. The highest BCUT2D eigenvalue weighted by molar-refractivity contribution is 7.93.